The Morgan fingerprint density at radius 2 is 2.50 bits per heavy atom. The largest absolute Gasteiger partial charge is 0.366 e. The predicted molar refractivity (Wildman–Crippen MR) is 58.5 cm³/mol. The van der Waals surface area contributed by atoms with Crippen LogP contribution in [0.15, 0.2) is 12.4 Å². The first-order valence-electron chi connectivity index (χ1n) is 5.00. The number of halogens is 1. The molecule has 4 heteroatoms. The van der Waals surface area contributed by atoms with Crippen molar-refractivity contribution in [1.29, 1.82) is 0 Å². The van der Waals surface area contributed by atoms with Gasteiger partial charge in [0.2, 0.25) is 0 Å². The normalized spacial score (nSPS) is 27.9. The maximum Gasteiger partial charge on any atom is 0.137 e. The van der Waals surface area contributed by atoms with Crippen LogP contribution in [0.1, 0.15) is 31.2 Å². The molecule has 0 N–H and O–H groups in total. The van der Waals surface area contributed by atoms with Crippen LogP contribution >= 0.6 is 15.9 Å². The smallest absolute Gasteiger partial charge is 0.137 e. The van der Waals surface area contributed by atoms with Crippen LogP contribution < -0.4 is 0 Å². The fourth-order valence-electron chi connectivity index (χ4n) is 1.89. The molecule has 0 saturated carbocycles. The van der Waals surface area contributed by atoms with Gasteiger partial charge in [-0.05, 0) is 19.3 Å². The minimum absolute atomic E-state index is 0.186. The van der Waals surface area contributed by atoms with E-state index >= 15 is 0 Å². The average molecular weight is 259 g/mol. The van der Waals surface area contributed by atoms with Crippen molar-refractivity contribution in [1.82, 2.24) is 9.55 Å². The number of nitrogens with zero attached hydrogens (tertiary/aromatic N) is 2. The molecular weight excluding hydrogens is 244 g/mol. The first-order valence-corrected chi connectivity index (χ1v) is 6.12. The van der Waals surface area contributed by atoms with Crippen LogP contribution in [0.25, 0.3) is 0 Å². The second kappa shape index (κ2) is 4.45. The van der Waals surface area contributed by atoms with Gasteiger partial charge in [-0.1, -0.05) is 15.9 Å². The van der Waals surface area contributed by atoms with Gasteiger partial charge in [0.05, 0.1) is 6.10 Å². The topological polar surface area (TPSA) is 27.1 Å². The van der Waals surface area contributed by atoms with E-state index in [-0.39, 0.29) is 6.10 Å². The quantitative estimate of drug-likeness (QED) is 0.763. The van der Waals surface area contributed by atoms with Gasteiger partial charge in [-0.2, -0.15) is 0 Å². The number of imidazole rings is 1. The van der Waals surface area contributed by atoms with Crippen molar-refractivity contribution < 1.29 is 4.74 Å². The van der Waals surface area contributed by atoms with E-state index in [1.165, 1.54) is 6.42 Å². The second-order valence-electron chi connectivity index (χ2n) is 3.73. The molecule has 1 fully saturated rings. The highest BCUT2D eigenvalue weighted by Crippen LogP contribution is 2.30. The Labute approximate surface area is 92.6 Å². The molecule has 1 aromatic heterocycles. The van der Waals surface area contributed by atoms with E-state index in [1.54, 1.807) is 0 Å². The van der Waals surface area contributed by atoms with Gasteiger partial charge in [-0.15, -0.1) is 0 Å². The van der Waals surface area contributed by atoms with Crippen molar-refractivity contribution in [3.05, 3.63) is 18.2 Å². The first kappa shape index (κ1) is 10.2. The van der Waals surface area contributed by atoms with E-state index in [0.29, 0.717) is 6.10 Å². The Bertz CT molecular complexity index is 300. The summed E-state index contributed by atoms with van der Waals surface area (Å²) in [7, 11) is 2.02. The zero-order chi connectivity index (χ0) is 9.97. The molecule has 2 unspecified atom stereocenters. The highest BCUT2D eigenvalue weighted by atomic mass is 79.9. The maximum atomic E-state index is 5.93. The number of rotatable bonds is 2. The summed E-state index contributed by atoms with van der Waals surface area (Å²) in [4.78, 5) is 4.33. The van der Waals surface area contributed by atoms with Crippen molar-refractivity contribution in [3.63, 3.8) is 0 Å². The summed E-state index contributed by atoms with van der Waals surface area (Å²) < 4.78 is 7.97. The number of aromatic nitrogens is 2. The first-order chi connectivity index (χ1) is 6.81. The fourth-order valence-corrected chi connectivity index (χ4v) is 2.37. The van der Waals surface area contributed by atoms with Gasteiger partial charge in [-0.3, -0.25) is 0 Å². The lowest BCUT2D eigenvalue weighted by atomic mass is 10.0. The Kier molecular flexibility index (Phi) is 3.23. The van der Waals surface area contributed by atoms with Gasteiger partial charge >= 0.3 is 0 Å². The van der Waals surface area contributed by atoms with E-state index in [0.717, 1.165) is 24.0 Å². The third-order valence-electron chi connectivity index (χ3n) is 2.67. The van der Waals surface area contributed by atoms with Crippen molar-refractivity contribution in [2.24, 2.45) is 7.05 Å². The van der Waals surface area contributed by atoms with Gasteiger partial charge in [-0.25, -0.2) is 4.98 Å². The molecule has 1 aliphatic rings. The van der Waals surface area contributed by atoms with Gasteiger partial charge in [0.1, 0.15) is 11.9 Å². The number of hydrogen-bond acceptors (Lipinski definition) is 2. The molecule has 14 heavy (non-hydrogen) atoms. The Morgan fingerprint density at radius 3 is 3.14 bits per heavy atom. The second-order valence-corrected chi connectivity index (χ2v) is 4.38. The summed E-state index contributed by atoms with van der Waals surface area (Å²) in [5.41, 5.74) is 0. The number of aryl methyl sites for hydroxylation is 1. The van der Waals surface area contributed by atoms with Crippen LogP contribution in [0.5, 0.6) is 0 Å². The molecule has 2 atom stereocenters. The number of alkyl halides is 1. The molecule has 3 nitrogen and oxygen atoms in total. The van der Waals surface area contributed by atoms with Gasteiger partial charge in [0, 0.05) is 24.8 Å². The van der Waals surface area contributed by atoms with E-state index in [1.807, 2.05) is 24.0 Å². The fraction of sp³-hybridized carbons (Fsp3) is 0.700. The molecule has 0 aliphatic carbocycles. The molecule has 0 amide bonds. The van der Waals surface area contributed by atoms with Crippen LogP contribution in [-0.2, 0) is 11.8 Å². The Hall–Kier alpha value is -0.350. The third kappa shape index (κ3) is 2.01. The van der Waals surface area contributed by atoms with Crippen LogP contribution in [-0.4, -0.2) is 21.0 Å². The van der Waals surface area contributed by atoms with Crippen molar-refractivity contribution in [3.8, 4) is 0 Å². The van der Waals surface area contributed by atoms with E-state index in [4.69, 9.17) is 4.74 Å². The summed E-state index contributed by atoms with van der Waals surface area (Å²) in [5.74, 6) is 1.05. The zero-order valence-electron chi connectivity index (χ0n) is 8.32. The van der Waals surface area contributed by atoms with Crippen LogP contribution in [0.4, 0.5) is 0 Å². The molecule has 78 valence electrons. The highest BCUT2D eigenvalue weighted by Gasteiger charge is 2.25. The van der Waals surface area contributed by atoms with Gasteiger partial charge in [0.25, 0.3) is 0 Å². The lowest BCUT2D eigenvalue weighted by Crippen LogP contribution is -2.25. The zero-order valence-corrected chi connectivity index (χ0v) is 9.90. The molecule has 1 aromatic rings. The molecule has 2 rings (SSSR count). The molecule has 2 heterocycles. The van der Waals surface area contributed by atoms with E-state index < -0.39 is 0 Å². The molecular formula is C10H15BrN2O. The molecule has 0 aromatic carbocycles. The van der Waals surface area contributed by atoms with Crippen LogP contribution in [0.2, 0.25) is 0 Å². The summed E-state index contributed by atoms with van der Waals surface area (Å²) in [5, 5.41) is 0.925. The number of hydrogen-bond donors (Lipinski definition) is 0. The monoisotopic (exact) mass is 258 g/mol. The van der Waals surface area contributed by atoms with Crippen LogP contribution in [0, 0.1) is 0 Å². The Balaban J connectivity index is 2.08. The maximum absolute atomic E-state index is 5.93. The lowest BCUT2D eigenvalue weighted by Gasteiger charge is -2.28. The van der Waals surface area contributed by atoms with E-state index in [2.05, 4.69) is 20.9 Å². The predicted octanol–water partition coefficient (Wildman–Crippen LogP) is 2.43. The molecule has 0 bridgehead atoms. The van der Waals surface area contributed by atoms with Gasteiger partial charge in [0.15, 0.2) is 0 Å². The minimum atomic E-state index is 0.186. The summed E-state index contributed by atoms with van der Waals surface area (Å²) >= 11 is 3.47. The van der Waals surface area contributed by atoms with E-state index in [9.17, 15) is 0 Å². The molecule has 1 aliphatic heterocycles. The van der Waals surface area contributed by atoms with Crippen molar-refractivity contribution >= 4 is 15.9 Å². The molecule has 0 radical (unpaired) electrons. The summed E-state index contributed by atoms with van der Waals surface area (Å²) in [6.45, 7) is 0. The van der Waals surface area contributed by atoms with Crippen molar-refractivity contribution in [2.45, 2.75) is 31.5 Å². The summed E-state index contributed by atoms with van der Waals surface area (Å²) in [6, 6.07) is 0. The minimum Gasteiger partial charge on any atom is -0.366 e. The number of ether oxygens (including phenoxy) is 1. The van der Waals surface area contributed by atoms with Crippen molar-refractivity contribution in [2.75, 3.05) is 5.33 Å². The highest BCUT2D eigenvalue weighted by molar-refractivity contribution is 9.09. The van der Waals surface area contributed by atoms with Crippen LogP contribution in [0.3, 0.4) is 0 Å². The van der Waals surface area contributed by atoms with Gasteiger partial charge < -0.3 is 9.30 Å². The Morgan fingerprint density at radius 1 is 1.64 bits per heavy atom. The standard InChI is InChI=1S/C10H15BrN2O/c1-13-6-5-12-10(13)9-4-2-3-8(7-11)14-9/h5-6,8-9H,2-4,7H2,1H3. The summed E-state index contributed by atoms with van der Waals surface area (Å²) in [6.07, 6.45) is 7.82. The molecule has 0 spiro atoms. The third-order valence-corrected chi connectivity index (χ3v) is 3.39. The SMILES string of the molecule is Cn1ccnc1C1CCCC(CBr)O1. The lowest BCUT2D eigenvalue weighted by molar-refractivity contribution is -0.0439. The average Bonchev–Trinajstić information content (AvgIpc) is 2.65. The molecule has 1 saturated heterocycles.